The first kappa shape index (κ1) is 17.0. The van der Waals surface area contributed by atoms with Gasteiger partial charge >= 0.3 is 6.09 Å². The lowest BCUT2D eigenvalue weighted by Crippen LogP contribution is -2.31. The Morgan fingerprint density at radius 2 is 2.09 bits per heavy atom. The van der Waals surface area contributed by atoms with Crippen LogP contribution >= 0.6 is 0 Å². The van der Waals surface area contributed by atoms with E-state index in [-0.39, 0.29) is 18.4 Å². The van der Waals surface area contributed by atoms with E-state index in [0.29, 0.717) is 25.3 Å². The molecular weight excluding hydrogens is 298 g/mol. The summed E-state index contributed by atoms with van der Waals surface area (Å²) in [5, 5.41) is 6.74. The second-order valence-corrected chi connectivity index (χ2v) is 5.17. The first-order valence-electron chi connectivity index (χ1n) is 7.58. The van der Waals surface area contributed by atoms with Gasteiger partial charge in [0.05, 0.1) is 12.3 Å². The number of hydrazone groups is 1. The van der Waals surface area contributed by atoms with Crippen LogP contribution in [0.5, 0.6) is 0 Å². The van der Waals surface area contributed by atoms with Crippen molar-refractivity contribution in [3.8, 4) is 0 Å². The van der Waals surface area contributed by atoms with Crippen LogP contribution in [0.2, 0.25) is 0 Å². The summed E-state index contributed by atoms with van der Waals surface area (Å²) in [5.41, 5.74) is 4.86. The Hall–Kier alpha value is -2.41. The van der Waals surface area contributed by atoms with Crippen molar-refractivity contribution in [3.05, 3.63) is 29.8 Å². The van der Waals surface area contributed by atoms with Crippen LogP contribution in [0.4, 0.5) is 10.5 Å². The van der Waals surface area contributed by atoms with Gasteiger partial charge in [-0.1, -0.05) is 19.1 Å². The van der Waals surface area contributed by atoms with Crippen molar-refractivity contribution in [3.63, 3.8) is 0 Å². The second-order valence-electron chi connectivity index (χ2n) is 5.17. The summed E-state index contributed by atoms with van der Waals surface area (Å²) in [4.78, 5) is 22.9. The molecule has 0 fully saturated rings. The van der Waals surface area contributed by atoms with E-state index in [9.17, 15) is 9.59 Å². The zero-order valence-corrected chi connectivity index (χ0v) is 13.3. The minimum Gasteiger partial charge on any atom is -0.447 e. The third kappa shape index (κ3) is 5.07. The highest BCUT2D eigenvalue weighted by molar-refractivity contribution is 6.06. The number of ether oxygens (including phenoxy) is 2. The molecule has 0 aliphatic carbocycles. The van der Waals surface area contributed by atoms with Crippen LogP contribution in [0, 0.1) is 5.92 Å². The highest BCUT2D eigenvalue weighted by Crippen LogP contribution is 2.18. The quantitative estimate of drug-likeness (QED) is 0.786. The molecule has 1 aromatic rings. The lowest BCUT2D eigenvalue weighted by atomic mass is 9.94. The molecule has 0 bridgehead atoms. The van der Waals surface area contributed by atoms with Gasteiger partial charge in [0.15, 0.2) is 0 Å². The fraction of sp³-hybridized carbons (Fsp3) is 0.438. The lowest BCUT2D eigenvalue weighted by Gasteiger charge is -2.19. The summed E-state index contributed by atoms with van der Waals surface area (Å²) in [5.74, 6) is -0.0135. The fourth-order valence-corrected chi connectivity index (χ4v) is 2.22. The molecule has 23 heavy (non-hydrogen) atoms. The third-order valence-electron chi connectivity index (χ3n) is 3.35. The van der Waals surface area contributed by atoms with E-state index in [2.05, 4.69) is 15.8 Å². The number of carbonyl (C=O) groups is 2. The summed E-state index contributed by atoms with van der Waals surface area (Å²) in [6.45, 7) is 5.03. The van der Waals surface area contributed by atoms with Gasteiger partial charge in [-0.15, -0.1) is 0 Å². The van der Waals surface area contributed by atoms with E-state index in [1.54, 1.807) is 12.1 Å². The molecule has 1 atom stereocenters. The number of benzene rings is 1. The van der Waals surface area contributed by atoms with E-state index in [1.165, 1.54) is 0 Å². The van der Waals surface area contributed by atoms with Gasteiger partial charge in [0.2, 0.25) is 5.91 Å². The summed E-state index contributed by atoms with van der Waals surface area (Å²) in [7, 11) is 0. The average molecular weight is 319 g/mol. The Morgan fingerprint density at radius 1 is 1.35 bits per heavy atom. The first-order valence-corrected chi connectivity index (χ1v) is 7.58. The maximum atomic E-state index is 11.6. The van der Waals surface area contributed by atoms with Crippen molar-refractivity contribution in [1.82, 2.24) is 5.43 Å². The lowest BCUT2D eigenvalue weighted by molar-refractivity contribution is -0.121. The fourth-order valence-electron chi connectivity index (χ4n) is 2.22. The smallest absolute Gasteiger partial charge is 0.411 e. The molecule has 0 saturated carbocycles. The van der Waals surface area contributed by atoms with Crippen LogP contribution < -0.4 is 10.7 Å². The molecule has 0 radical (unpaired) electrons. The van der Waals surface area contributed by atoms with Gasteiger partial charge in [-0.05, 0) is 24.6 Å². The highest BCUT2D eigenvalue weighted by atomic mass is 16.6. The Balaban J connectivity index is 1.89. The highest BCUT2D eigenvalue weighted by Gasteiger charge is 2.21. The molecule has 2 amide bonds. The number of carbonyl (C=O) groups excluding carboxylic acids is 2. The molecule has 7 heteroatoms. The van der Waals surface area contributed by atoms with Crippen molar-refractivity contribution in [1.29, 1.82) is 0 Å². The van der Waals surface area contributed by atoms with Crippen LogP contribution in [-0.4, -0.2) is 37.5 Å². The molecule has 0 saturated heterocycles. The molecule has 7 nitrogen and oxygen atoms in total. The second kappa shape index (κ2) is 8.28. The number of anilines is 1. The number of rotatable bonds is 6. The van der Waals surface area contributed by atoms with Gasteiger partial charge in [0.1, 0.15) is 6.61 Å². The SMILES string of the molecule is CCOCCOC(=O)Nc1ccc(C2=NNC(=O)CC2C)cc1. The normalized spacial score (nSPS) is 17.2. The van der Waals surface area contributed by atoms with Crippen LogP contribution in [0.1, 0.15) is 25.8 Å². The molecule has 1 aliphatic rings. The predicted molar refractivity (Wildman–Crippen MR) is 86.4 cm³/mol. The van der Waals surface area contributed by atoms with Gasteiger partial charge in [-0.3, -0.25) is 10.1 Å². The zero-order chi connectivity index (χ0) is 16.7. The molecule has 1 aromatic carbocycles. The van der Waals surface area contributed by atoms with Crippen molar-refractivity contribution < 1.29 is 19.1 Å². The molecule has 1 heterocycles. The van der Waals surface area contributed by atoms with E-state index < -0.39 is 6.09 Å². The monoisotopic (exact) mass is 319 g/mol. The summed E-state index contributed by atoms with van der Waals surface area (Å²) >= 11 is 0. The standard InChI is InChI=1S/C16H21N3O4/c1-3-22-8-9-23-16(21)17-13-6-4-12(5-7-13)15-11(2)10-14(20)18-19-15/h4-7,11H,3,8-10H2,1-2H3,(H,17,21)(H,18,20). The number of hydrogen-bond acceptors (Lipinski definition) is 5. The van der Waals surface area contributed by atoms with E-state index in [0.717, 1.165) is 11.3 Å². The minimum atomic E-state index is -0.520. The van der Waals surface area contributed by atoms with Gasteiger partial charge in [-0.2, -0.15) is 5.10 Å². The summed E-state index contributed by atoms with van der Waals surface area (Å²) in [6.07, 6.45) is -0.0987. The summed E-state index contributed by atoms with van der Waals surface area (Å²) in [6, 6.07) is 7.24. The van der Waals surface area contributed by atoms with Crippen LogP contribution in [0.25, 0.3) is 0 Å². The molecule has 0 aromatic heterocycles. The van der Waals surface area contributed by atoms with Crippen molar-refractivity contribution in [2.75, 3.05) is 25.1 Å². The van der Waals surface area contributed by atoms with Crippen molar-refractivity contribution in [2.45, 2.75) is 20.3 Å². The Labute approximate surface area is 135 Å². The molecular formula is C16H21N3O4. The maximum Gasteiger partial charge on any atom is 0.411 e. The Kier molecular flexibility index (Phi) is 6.10. The molecule has 124 valence electrons. The number of nitrogens with zero attached hydrogens (tertiary/aromatic N) is 1. The van der Waals surface area contributed by atoms with Gasteiger partial charge in [0, 0.05) is 24.6 Å². The molecule has 2 rings (SSSR count). The third-order valence-corrected chi connectivity index (χ3v) is 3.35. The number of nitrogens with one attached hydrogen (secondary N) is 2. The minimum absolute atomic E-state index is 0.0612. The van der Waals surface area contributed by atoms with Crippen LogP contribution in [0.3, 0.4) is 0 Å². The van der Waals surface area contributed by atoms with Crippen LogP contribution in [0.15, 0.2) is 29.4 Å². The molecule has 1 unspecified atom stereocenters. The molecule has 1 aliphatic heterocycles. The van der Waals surface area contributed by atoms with E-state index in [4.69, 9.17) is 9.47 Å². The van der Waals surface area contributed by atoms with Crippen molar-refractivity contribution in [2.24, 2.45) is 11.0 Å². The van der Waals surface area contributed by atoms with E-state index in [1.807, 2.05) is 26.0 Å². The van der Waals surface area contributed by atoms with Gasteiger partial charge < -0.3 is 9.47 Å². The molecule has 0 spiro atoms. The van der Waals surface area contributed by atoms with Gasteiger partial charge in [0.25, 0.3) is 0 Å². The predicted octanol–water partition coefficient (Wildman–Crippen LogP) is 2.13. The Bertz CT molecular complexity index is 583. The largest absolute Gasteiger partial charge is 0.447 e. The number of amides is 2. The van der Waals surface area contributed by atoms with E-state index >= 15 is 0 Å². The topological polar surface area (TPSA) is 89.0 Å². The first-order chi connectivity index (χ1) is 11.1. The van der Waals surface area contributed by atoms with Crippen molar-refractivity contribution >= 4 is 23.4 Å². The van der Waals surface area contributed by atoms with Gasteiger partial charge in [-0.25, -0.2) is 10.2 Å². The van der Waals surface area contributed by atoms with Crippen LogP contribution in [-0.2, 0) is 14.3 Å². The Morgan fingerprint density at radius 3 is 2.74 bits per heavy atom. The summed E-state index contributed by atoms with van der Waals surface area (Å²) < 4.78 is 10.1. The zero-order valence-electron chi connectivity index (χ0n) is 13.3. The number of hydrogen-bond donors (Lipinski definition) is 2. The molecule has 2 N–H and O–H groups in total. The maximum absolute atomic E-state index is 11.6. The average Bonchev–Trinajstić information content (AvgIpc) is 2.53.